The highest BCUT2D eigenvalue weighted by Crippen LogP contribution is 2.38. The van der Waals surface area contributed by atoms with Gasteiger partial charge in [-0.25, -0.2) is 4.98 Å². The van der Waals surface area contributed by atoms with E-state index in [1.807, 2.05) is 18.2 Å². The summed E-state index contributed by atoms with van der Waals surface area (Å²) in [6.07, 6.45) is 15.5. The van der Waals surface area contributed by atoms with E-state index in [0.717, 1.165) is 68.2 Å². The van der Waals surface area contributed by atoms with E-state index >= 15 is 0 Å². The number of carbonyl (C=O) groups is 2. The average Bonchev–Trinajstić information content (AvgIpc) is 3.43. The summed E-state index contributed by atoms with van der Waals surface area (Å²) in [6.45, 7) is 0.913. The van der Waals surface area contributed by atoms with E-state index < -0.39 is 0 Å². The summed E-state index contributed by atoms with van der Waals surface area (Å²) in [4.78, 5) is 34.3. The molecule has 1 N–H and O–H groups in total. The summed E-state index contributed by atoms with van der Waals surface area (Å²) in [5, 5.41) is 3.01. The maximum atomic E-state index is 14.1. The molecule has 0 radical (unpaired) electrons. The van der Waals surface area contributed by atoms with Crippen LogP contribution in [0.3, 0.4) is 0 Å². The fourth-order valence-electron chi connectivity index (χ4n) is 7.23. The van der Waals surface area contributed by atoms with Gasteiger partial charge in [0.25, 0.3) is 5.91 Å². The Kier molecular flexibility index (Phi) is 11.6. The van der Waals surface area contributed by atoms with Crippen LogP contribution in [0.5, 0.6) is 17.2 Å². The SMILES string of the molecule is COc1cc(C(=O)NCCCCCc2nc3ccccc3n2CC(=O)N(C2CCCCC2)C2CCCCC2)cc(OC)c1OC. The predicted molar refractivity (Wildman–Crippen MR) is 176 cm³/mol. The number of methoxy groups -OCH3 is 3. The van der Waals surface area contributed by atoms with Crippen molar-refractivity contribution in [2.24, 2.45) is 0 Å². The van der Waals surface area contributed by atoms with Crippen molar-refractivity contribution in [2.45, 2.75) is 109 Å². The average molecular weight is 619 g/mol. The van der Waals surface area contributed by atoms with E-state index in [0.29, 0.717) is 48.0 Å². The molecule has 2 saturated carbocycles. The molecule has 2 aliphatic rings. The number of aryl methyl sites for hydroxylation is 1. The van der Waals surface area contributed by atoms with Crippen molar-refractivity contribution in [3.05, 3.63) is 47.8 Å². The molecule has 0 aliphatic heterocycles. The Labute approximate surface area is 267 Å². The second-order valence-corrected chi connectivity index (χ2v) is 12.5. The van der Waals surface area contributed by atoms with Gasteiger partial charge in [0.1, 0.15) is 12.4 Å². The fourth-order valence-corrected chi connectivity index (χ4v) is 7.23. The van der Waals surface area contributed by atoms with Crippen LogP contribution >= 0.6 is 0 Å². The number of amides is 2. The molecule has 2 aromatic carbocycles. The van der Waals surface area contributed by atoms with Gasteiger partial charge in [0.05, 0.1) is 32.4 Å². The molecule has 5 rings (SSSR count). The molecular weight excluding hydrogens is 568 g/mol. The molecule has 1 aromatic heterocycles. The number of aromatic nitrogens is 2. The first-order valence-electron chi connectivity index (χ1n) is 16.9. The van der Waals surface area contributed by atoms with Gasteiger partial charge < -0.3 is 29.0 Å². The summed E-state index contributed by atoms with van der Waals surface area (Å²) in [5.41, 5.74) is 2.43. The van der Waals surface area contributed by atoms with Gasteiger partial charge in [-0.1, -0.05) is 57.1 Å². The Bertz CT molecular complexity index is 1380. The van der Waals surface area contributed by atoms with Gasteiger partial charge in [-0.2, -0.15) is 0 Å². The standard InChI is InChI=1S/C36H50N4O5/c1-43-31-23-26(24-32(44-2)35(31)45-3)36(42)37-22-14-6-11-21-33-38-29-19-12-13-20-30(29)39(33)25-34(41)40(27-15-7-4-8-16-27)28-17-9-5-10-18-28/h12-13,19-20,23-24,27-28H,4-11,14-18,21-22,25H2,1-3H3,(H,37,42). The zero-order valence-electron chi connectivity index (χ0n) is 27.3. The van der Waals surface area contributed by atoms with E-state index in [-0.39, 0.29) is 11.8 Å². The number of nitrogens with one attached hydrogen (secondary N) is 1. The van der Waals surface area contributed by atoms with Crippen LogP contribution in [-0.4, -0.2) is 66.2 Å². The second-order valence-electron chi connectivity index (χ2n) is 12.5. The number of benzene rings is 2. The van der Waals surface area contributed by atoms with Gasteiger partial charge in [0, 0.05) is 30.6 Å². The minimum absolute atomic E-state index is 0.185. The summed E-state index contributed by atoms with van der Waals surface area (Å²) >= 11 is 0. The maximum Gasteiger partial charge on any atom is 0.251 e. The number of hydrogen-bond donors (Lipinski definition) is 1. The molecule has 0 spiro atoms. The third-order valence-corrected chi connectivity index (χ3v) is 9.54. The van der Waals surface area contributed by atoms with Crippen molar-refractivity contribution in [3.8, 4) is 17.2 Å². The van der Waals surface area contributed by atoms with Crippen molar-refractivity contribution in [3.63, 3.8) is 0 Å². The lowest BCUT2D eigenvalue weighted by Gasteiger charge is -2.42. The lowest BCUT2D eigenvalue weighted by atomic mass is 9.88. The zero-order chi connectivity index (χ0) is 31.6. The number of nitrogens with zero attached hydrogens (tertiary/aromatic N) is 3. The van der Waals surface area contributed by atoms with Crippen LogP contribution in [0.15, 0.2) is 36.4 Å². The van der Waals surface area contributed by atoms with E-state index in [4.69, 9.17) is 19.2 Å². The molecule has 0 atom stereocenters. The van der Waals surface area contributed by atoms with E-state index in [9.17, 15) is 9.59 Å². The number of rotatable bonds is 14. The van der Waals surface area contributed by atoms with Crippen molar-refractivity contribution in [1.29, 1.82) is 0 Å². The molecule has 3 aromatic rings. The van der Waals surface area contributed by atoms with Crippen molar-refractivity contribution in [1.82, 2.24) is 19.8 Å². The minimum atomic E-state index is -0.185. The lowest BCUT2D eigenvalue weighted by molar-refractivity contribution is -0.138. The van der Waals surface area contributed by atoms with Crippen LogP contribution in [0, 0.1) is 0 Å². The van der Waals surface area contributed by atoms with Gasteiger partial charge in [-0.15, -0.1) is 0 Å². The van der Waals surface area contributed by atoms with Crippen molar-refractivity contribution >= 4 is 22.8 Å². The van der Waals surface area contributed by atoms with Crippen LogP contribution in [0.1, 0.15) is 99.7 Å². The third kappa shape index (κ3) is 7.92. The summed E-state index contributed by atoms with van der Waals surface area (Å²) in [5.74, 6) is 2.40. The number of unbranched alkanes of at least 4 members (excludes halogenated alkanes) is 2. The Balaban J connectivity index is 1.19. The molecule has 244 valence electrons. The summed E-state index contributed by atoms with van der Waals surface area (Å²) < 4.78 is 18.3. The zero-order valence-corrected chi connectivity index (χ0v) is 27.3. The van der Waals surface area contributed by atoms with Gasteiger partial charge in [0.2, 0.25) is 11.7 Å². The number of imidazole rings is 1. The lowest BCUT2D eigenvalue weighted by Crippen LogP contribution is -2.50. The maximum absolute atomic E-state index is 14.1. The molecule has 0 unspecified atom stereocenters. The highest BCUT2D eigenvalue weighted by molar-refractivity contribution is 5.95. The van der Waals surface area contributed by atoms with Crippen LogP contribution in [0.2, 0.25) is 0 Å². The molecule has 2 amide bonds. The van der Waals surface area contributed by atoms with E-state index in [1.54, 1.807) is 12.1 Å². The van der Waals surface area contributed by atoms with Gasteiger partial charge in [-0.3, -0.25) is 9.59 Å². The molecular formula is C36H50N4O5. The smallest absolute Gasteiger partial charge is 0.251 e. The third-order valence-electron chi connectivity index (χ3n) is 9.54. The highest BCUT2D eigenvalue weighted by Gasteiger charge is 2.33. The first kappa shape index (κ1) is 32.6. The van der Waals surface area contributed by atoms with Crippen LogP contribution in [0.4, 0.5) is 0 Å². The van der Waals surface area contributed by atoms with Gasteiger partial charge >= 0.3 is 0 Å². The highest BCUT2D eigenvalue weighted by atomic mass is 16.5. The first-order valence-corrected chi connectivity index (χ1v) is 16.9. The largest absolute Gasteiger partial charge is 0.493 e. The molecule has 9 heteroatoms. The molecule has 0 saturated heterocycles. The molecule has 9 nitrogen and oxygen atoms in total. The normalized spacial score (nSPS) is 16.0. The molecule has 2 aliphatic carbocycles. The number of hydrogen-bond acceptors (Lipinski definition) is 6. The number of fused-ring (bicyclic) bond motifs is 1. The molecule has 2 fully saturated rings. The van der Waals surface area contributed by atoms with Gasteiger partial charge in [-0.05, 0) is 62.8 Å². The van der Waals surface area contributed by atoms with Crippen LogP contribution in [-0.2, 0) is 17.8 Å². The Morgan fingerprint density at radius 3 is 2.07 bits per heavy atom. The quantitative estimate of drug-likeness (QED) is 0.202. The monoisotopic (exact) mass is 618 g/mol. The van der Waals surface area contributed by atoms with E-state index in [1.165, 1.54) is 59.9 Å². The fraction of sp³-hybridized carbons (Fsp3) is 0.583. The van der Waals surface area contributed by atoms with Crippen molar-refractivity contribution in [2.75, 3.05) is 27.9 Å². The Hall–Kier alpha value is -3.75. The van der Waals surface area contributed by atoms with Crippen LogP contribution in [0.25, 0.3) is 11.0 Å². The summed E-state index contributed by atoms with van der Waals surface area (Å²) in [7, 11) is 4.61. The molecule has 45 heavy (non-hydrogen) atoms. The van der Waals surface area contributed by atoms with Crippen molar-refractivity contribution < 1.29 is 23.8 Å². The number of carbonyl (C=O) groups excluding carboxylic acids is 2. The summed E-state index contributed by atoms with van der Waals surface area (Å²) in [6, 6.07) is 12.2. The minimum Gasteiger partial charge on any atom is -0.493 e. The Morgan fingerprint density at radius 2 is 1.47 bits per heavy atom. The number of para-hydroxylation sites is 2. The number of ether oxygens (including phenoxy) is 3. The van der Waals surface area contributed by atoms with Crippen LogP contribution < -0.4 is 19.5 Å². The second kappa shape index (κ2) is 16.0. The molecule has 0 bridgehead atoms. The van der Waals surface area contributed by atoms with E-state index in [2.05, 4.69) is 20.9 Å². The Morgan fingerprint density at radius 1 is 0.844 bits per heavy atom. The predicted octanol–water partition coefficient (Wildman–Crippen LogP) is 6.70. The topological polar surface area (TPSA) is 94.9 Å². The molecule has 1 heterocycles. The first-order chi connectivity index (χ1) is 22.0. The van der Waals surface area contributed by atoms with Gasteiger partial charge in [0.15, 0.2) is 11.5 Å².